The summed E-state index contributed by atoms with van der Waals surface area (Å²) in [6.45, 7) is 12.1. The van der Waals surface area contributed by atoms with E-state index in [1.54, 1.807) is 16.6 Å². The summed E-state index contributed by atoms with van der Waals surface area (Å²) in [6.07, 6.45) is 5.45. The van der Waals surface area contributed by atoms with E-state index in [0.717, 1.165) is 53.4 Å². The number of rotatable bonds is 9. The number of benzene rings is 2. The Morgan fingerprint density at radius 1 is 1.05 bits per heavy atom. The van der Waals surface area contributed by atoms with Crippen molar-refractivity contribution in [2.24, 2.45) is 0 Å². The second-order valence-corrected chi connectivity index (χ2v) is 11.1. The first-order valence-corrected chi connectivity index (χ1v) is 13.8. The van der Waals surface area contributed by atoms with Crippen LogP contribution < -0.4 is 14.4 Å². The number of fused-ring (bicyclic) bond motifs is 1. The zero-order chi connectivity index (χ0) is 28.2. The van der Waals surface area contributed by atoms with Crippen molar-refractivity contribution in [3.63, 3.8) is 0 Å². The number of carbonyl (C=O) groups excluding carboxylic acids is 2. The van der Waals surface area contributed by atoms with E-state index < -0.39 is 11.7 Å². The smallest absolute Gasteiger partial charge is 0.419 e. The van der Waals surface area contributed by atoms with Crippen LogP contribution >= 0.6 is 0 Å². The first-order valence-electron chi connectivity index (χ1n) is 13.8. The Morgan fingerprint density at radius 3 is 2.56 bits per heavy atom. The number of urea groups is 1. The molecule has 0 atom stereocenters. The molecule has 1 aliphatic heterocycles. The third-order valence-electron chi connectivity index (χ3n) is 6.83. The van der Waals surface area contributed by atoms with E-state index in [-0.39, 0.29) is 6.03 Å². The molecule has 0 bridgehead atoms. The Morgan fingerprint density at radius 2 is 1.85 bits per heavy atom. The molecule has 0 spiro atoms. The van der Waals surface area contributed by atoms with E-state index in [2.05, 4.69) is 6.92 Å². The normalized spacial score (nSPS) is 14.2. The predicted octanol–water partition coefficient (Wildman–Crippen LogP) is 7.14. The number of aryl methyl sites for hydroxylation is 1. The summed E-state index contributed by atoms with van der Waals surface area (Å²) < 4.78 is 18.7. The molecular weight excluding hydrogens is 494 g/mol. The second kappa shape index (κ2) is 12.0. The molecule has 2 heterocycles. The van der Waals surface area contributed by atoms with E-state index in [1.807, 2.05) is 75.2 Å². The number of hydrogen-bond donors (Lipinski definition) is 0. The molecule has 1 saturated heterocycles. The zero-order valence-corrected chi connectivity index (χ0v) is 24.1. The third-order valence-corrected chi connectivity index (χ3v) is 6.83. The Labute approximate surface area is 231 Å². The largest absolute Gasteiger partial charge is 0.493 e. The van der Waals surface area contributed by atoms with Crippen LogP contribution in [-0.2, 0) is 11.3 Å². The van der Waals surface area contributed by atoms with Gasteiger partial charge in [0.1, 0.15) is 5.60 Å². The van der Waals surface area contributed by atoms with Gasteiger partial charge < -0.3 is 19.1 Å². The van der Waals surface area contributed by atoms with Crippen LogP contribution in [0.25, 0.3) is 10.9 Å². The maximum atomic E-state index is 13.7. The second-order valence-electron chi connectivity index (χ2n) is 11.1. The molecule has 1 aromatic heterocycles. The number of unbranched alkanes of at least 4 members (excludes halogenated alkanes) is 2. The van der Waals surface area contributed by atoms with Crippen molar-refractivity contribution in [1.82, 2.24) is 9.47 Å². The summed E-state index contributed by atoms with van der Waals surface area (Å²) in [6, 6.07) is 11.5. The highest BCUT2D eigenvalue weighted by Gasteiger charge is 2.29. The van der Waals surface area contributed by atoms with Gasteiger partial charge in [-0.3, -0.25) is 9.47 Å². The molecule has 1 aliphatic rings. The quantitative estimate of drug-likeness (QED) is 0.272. The van der Waals surface area contributed by atoms with Gasteiger partial charge in [0.05, 0.1) is 19.2 Å². The summed E-state index contributed by atoms with van der Waals surface area (Å²) in [4.78, 5) is 30.2. The molecule has 2 aromatic carbocycles. The molecule has 8 nitrogen and oxygen atoms in total. The summed E-state index contributed by atoms with van der Waals surface area (Å²) in [5.41, 5.74) is 2.94. The average molecular weight is 536 g/mol. The minimum absolute atomic E-state index is 0.0513. The van der Waals surface area contributed by atoms with Crippen LogP contribution in [0.1, 0.15) is 64.5 Å². The predicted molar refractivity (Wildman–Crippen MR) is 154 cm³/mol. The Balaban J connectivity index is 1.56. The molecule has 4 rings (SSSR count). The van der Waals surface area contributed by atoms with Gasteiger partial charge in [0.25, 0.3) is 0 Å². The molecule has 0 N–H and O–H groups in total. The van der Waals surface area contributed by atoms with Crippen LogP contribution in [0.4, 0.5) is 15.3 Å². The molecule has 2 amide bonds. The summed E-state index contributed by atoms with van der Waals surface area (Å²) in [5, 5.41) is 0.973. The molecule has 0 radical (unpaired) electrons. The number of aromatic nitrogens is 1. The molecule has 3 aromatic rings. The van der Waals surface area contributed by atoms with Gasteiger partial charge in [-0.25, -0.2) is 9.59 Å². The van der Waals surface area contributed by atoms with Gasteiger partial charge in [0, 0.05) is 43.0 Å². The molecule has 0 aliphatic carbocycles. The van der Waals surface area contributed by atoms with E-state index in [4.69, 9.17) is 14.2 Å². The van der Waals surface area contributed by atoms with Crippen LogP contribution in [0.15, 0.2) is 42.6 Å². The van der Waals surface area contributed by atoms with Gasteiger partial charge in [-0.1, -0.05) is 31.9 Å². The monoisotopic (exact) mass is 535 g/mol. The number of nitrogens with zero attached hydrogens (tertiary/aromatic N) is 3. The maximum Gasteiger partial charge on any atom is 0.419 e. The number of carbonyl (C=O) groups is 2. The number of methoxy groups -OCH3 is 1. The van der Waals surface area contributed by atoms with Gasteiger partial charge in [0.15, 0.2) is 11.5 Å². The fourth-order valence-corrected chi connectivity index (χ4v) is 5.02. The number of anilines is 1. The SMILES string of the molecule is CCCCCOc1cc(N2CCCN(Cc3cccc4c3c(C)cn4C(=O)OC(C)(C)C)C2=O)ccc1OC. The maximum absolute atomic E-state index is 13.7. The Kier molecular flexibility index (Phi) is 8.73. The van der Waals surface area contributed by atoms with Gasteiger partial charge >= 0.3 is 12.1 Å². The van der Waals surface area contributed by atoms with Crippen LogP contribution in [0, 0.1) is 6.92 Å². The molecule has 0 saturated carbocycles. The summed E-state index contributed by atoms with van der Waals surface area (Å²) in [7, 11) is 1.63. The lowest BCUT2D eigenvalue weighted by Gasteiger charge is -2.36. The van der Waals surface area contributed by atoms with Crippen LogP contribution in [0.3, 0.4) is 0 Å². The molecule has 8 heteroatoms. The minimum atomic E-state index is -0.593. The van der Waals surface area contributed by atoms with Crippen molar-refractivity contribution in [2.75, 3.05) is 31.7 Å². The highest BCUT2D eigenvalue weighted by atomic mass is 16.6. The van der Waals surface area contributed by atoms with Gasteiger partial charge in [-0.2, -0.15) is 0 Å². The standard InChI is InChI=1S/C31H41N3O5/c1-7-8-9-18-38-27-19-24(14-15-26(27)37-6)33-17-11-16-32(29(33)35)21-23-12-10-13-25-28(23)22(2)20-34(25)30(36)39-31(3,4)5/h10,12-15,19-20H,7-9,11,16-18,21H2,1-6H3. The van der Waals surface area contributed by atoms with Crippen molar-refractivity contribution in [2.45, 2.75) is 72.4 Å². The molecule has 0 unspecified atom stereocenters. The first-order chi connectivity index (χ1) is 18.6. The number of ether oxygens (including phenoxy) is 3. The van der Waals surface area contributed by atoms with E-state index in [9.17, 15) is 9.59 Å². The highest BCUT2D eigenvalue weighted by molar-refractivity contribution is 5.96. The first kappa shape index (κ1) is 28.3. The van der Waals surface area contributed by atoms with Crippen molar-refractivity contribution >= 4 is 28.7 Å². The number of amides is 2. The fourth-order valence-electron chi connectivity index (χ4n) is 5.02. The van der Waals surface area contributed by atoms with Crippen molar-refractivity contribution < 1.29 is 23.8 Å². The fraction of sp³-hybridized carbons (Fsp3) is 0.484. The molecule has 1 fully saturated rings. The Bertz CT molecular complexity index is 1320. The van der Waals surface area contributed by atoms with Gasteiger partial charge in [-0.15, -0.1) is 0 Å². The van der Waals surface area contributed by atoms with Crippen LogP contribution in [-0.4, -0.2) is 54.0 Å². The summed E-state index contributed by atoms with van der Waals surface area (Å²) in [5.74, 6) is 1.31. The van der Waals surface area contributed by atoms with Crippen molar-refractivity contribution in [3.8, 4) is 11.5 Å². The van der Waals surface area contributed by atoms with Crippen molar-refractivity contribution in [3.05, 3.63) is 53.7 Å². The highest BCUT2D eigenvalue weighted by Crippen LogP contribution is 2.34. The zero-order valence-electron chi connectivity index (χ0n) is 24.1. The van der Waals surface area contributed by atoms with E-state index in [0.29, 0.717) is 37.7 Å². The van der Waals surface area contributed by atoms with E-state index in [1.165, 1.54) is 0 Å². The Hall–Kier alpha value is -3.68. The molecule has 210 valence electrons. The molecule has 39 heavy (non-hydrogen) atoms. The lowest BCUT2D eigenvalue weighted by atomic mass is 10.1. The van der Waals surface area contributed by atoms with Gasteiger partial charge in [0.2, 0.25) is 0 Å². The lowest BCUT2D eigenvalue weighted by molar-refractivity contribution is 0.0544. The third kappa shape index (κ3) is 6.49. The van der Waals surface area contributed by atoms with E-state index >= 15 is 0 Å². The van der Waals surface area contributed by atoms with Gasteiger partial charge in [-0.05, 0) is 69.9 Å². The van der Waals surface area contributed by atoms with Crippen LogP contribution in [0.5, 0.6) is 11.5 Å². The topological polar surface area (TPSA) is 73.2 Å². The molecular formula is C31H41N3O5. The lowest BCUT2D eigenvalue weighted by Crippen LogP contribution is -2.49. The minimum Gasteiger partial charge on any atom is -0.493 e. The van der Waals surface area contributed by atoms with Crippen molar-refractivity contribution in [1.29, 1.82) is 0 Å². The average Bonchev–Trinajstić information content (AvgIpc) is 3.24. The van der Waals surface area contributed by atoms with Crippen LogP contribution in [0.2, 0.25) is 0 Å². The summed E-state index contributed by atoms with van der Waals surface area (Å²) >= 11 is 0. The number of hydrogen-bond acceptors (Lipinski definition) is 5.